The molecule has 0 aliphatic carbocycles. The molecule has 0 amide bonds. The molecule has 2 aromatic heterocycles. The summed E-state index contributed by atoms with van der Waals surface area (Å²) in [5.74, 6) is -2.75. The molecule has 0 fully saturated rings. The van der Waals surface area contributed by atoms with E-state index in [0.29, 0.717) is 22.5 Å². The number of hydrogen-bond acceptors (Lipinski definition) is 5. The smallest absolute Gasteiger partial charge is 0.392 e. The van der Waals surface area contributed by atoms with Crippen LogP contribution in [0.3, 0.4) is 0 Å². The molecule has 0 atom stereocenters. The summed E-state index contributed by atoms with van der Waals surface area (Å²) in [5.41, 5.74) is 1.40. The normalized spacial score (nSPS) is 10.9. The predicted molar refractivity (Wildman–Crippen MR) is 165 cm³/mol. The van der Waals surface area contributed by atoms with E-state index in [9.17, 15) is 27.2 Å². The predicted octanol–water partition coefficient (Wildman–Crippen LogP) is 6.78. The van der Waals surface area contributed by atoms with E-state index in [2.05, 4.69) is 24.2 Å². The van der Waals surface area contributed by atoms with Crippen molar-refractivity contribution in [3.8, 4) is 22.5 Å². The van der Waals surface area contributed by atoms with Crippen LogP contribution in [0.2, 0.25) is 0 Å². The molecule has 252 valence electrons. The van der Waals surface area contributed by atoms with Gasteiger partial charge in [0.15, 0.2) is 0 Å². The standard InChI is InChI=1S/C13H10F2NO.C12H8F2NO.C11H20O2.Ir/c1-16-5-4-9(8-17)6-13(16)11-3-2-10(14)7-12(11)15;13-9-1-2-10(11(14)6-9)12-5-8(7-16)3-4-15-12;1-10(2,3)8(12)7-9(13)11(4,5)6;/h2,4-7,17H,1,8H2;1,3-6,16H,7H2;7H2,1-6H3;/q2*-1;;+3. The summed E-state index contributed by atoms with van der Waals surface area (Å²) in [4.78, 5) is 26.9. The van der Waals surface area contributed by atoms with Gasteiger partial charge in [0.05, 0.1) is 25.8 Å². The molecule has 47 heavy (non-hydrogen) atoms. The first-order valence-electron chi connectivity index (χ1n) is 14.2. The Bertz CT molecular complexity index is 1640. The quantitative estimate of drug-likeness (QED) is 0.0970. The van der Waals surface area contributed by atoms with E-state index in [-0.39, 0.29) is 62.4 Å². The van der Waals surface area contributed by atoms with E-state index >= 15 is 0 Å². The zero-order chi connectivity index (χ0) is 34.8. The molecule has 0 radical (unpaired) electrons. The molecule has 0 aliphatic rings. The first kappa shape index (κ1) is 41.3. The van der Waals surface area contributed by atoms with Gasteiger partial charge in [-0.2, -0.15) is 0 Å². The molecule has 0 bridgehead atoms. The van der Waals surface area contributed by atoms with E-state index < -0.39 is 34.1 Å². The summed E-state index contributed by atoms with van der Waals surface area (Å²) >= 11 is 0. The van der Waals surface area contributed by atoms with Gasteiger partial charge >= 0.3 is 20.1 Å². The number of aromatic nitrogens is 2. The van der Waals surface area contributed by atoms with Crippen LogP contribution in [0.15, 0.2) is 60.9 Å². The molecular formula is C36H38F4IrN2O4+. The minimum atomic E-state index is -0.720. The zero-order valence-corrected chi connectivity index (χ0v) is 29.4. The fourth-order valence-electron chi connectivity index (χ4n) is 3.55. The van der Waals surface area contributed by atoms with Gasteiger partial charge < -0.3 is 19.8 Å². The number of aliphatic hydroxyl groups is 2. The third kappa shape index (κ3) is 12.8. The first-order chi connectivity index (χ1) is 21.4. The van der Waals surface area contributed by atoms with Crippen molar-refractivity contribution >= 4 is 11.6 Å². The van der Waals surface area contributed by atoms with Crippen LogP contribution in [-0.2, 0) is 42.9 Å². The maximum atomic E-state index is 13.6. The zero-order valence-electron chi connectivity index (χ0n) is 27.1. The third-order valence-electron chi connectivity index (χ3n) is 6.51. The first-order valence-corrected chi connectivity index (χ1v) is 14.2. The number of pyridine rings is 2. The Labute approximate surface area is 286 Å². The number of hydrogen-bond donors (Lipinski definition) is 2. The summed E-state index contributed by atoms with van der Waals surface area (Å²) in [5, 5.41) is 18.0. The molecule has 0 saturated carbocycles. The molecule has 0 unspecified atom stereocenters. The van der Waals surface area contributed by atoms with Crippen LogP contribution in [0.5, 0.6) is 0 Å². The number of Topliss-reactive ketones (excluding diaryl/α,β-unsaturated/α-hetero) is 2. The van der Waals surface area contributed by atoms with Crippen LogP contribution in [0.1, 0.15) is 59.1 Å². The van der Waals surface area contributed by atoms with Gasteiger partial charge in [0.1, 0.15) is 17.3 Å². The maximum Gasteiger partial charge on any atom is 3.00 e. The van der Waals surface area contributed by atoms with E-state index in [0.717, 1.165) is 24.3 Å². The Morgan fingerprint density at radius 1 is 0.787 bits per heavy atom. The fraction of sp³-hybridized carbons (Fsp3) is 0.306. The number of rotatable bonds is 6. The third-order valence-corrected chi connectivity index (χ3v) is 6.51. The van der Waals surface area contributed by atoms with Crippen LogP contribution in [0.4, 0.5) is 17.6 Å². The molecule has 0 saturated heterocycles. The molecule has 11 heteroatoms. The van der Waals surface area contributed by atoms with E-state index in [4.69, 9.17) is 10.2 Å². The van der Waals surface area contributed by atoms with E-state index in [1.165, 1.54) is 16.8 Å². The summed E-state index contributed by atoms with van der Waals surface area (Å²) in [6.07, 6.45) is 3.11. The topological polar surface area (TPSA) is 91.4 Å². The number of halogens is 4. The van der Waals surface area contributed by atoms with Gasteiger partial charge in [0.2, 0.25) is 0 Å². The fourth-order valence-corrected chi connectivity index (χ4v) is 3.55. The SMILES string of the molecule is CC(C)(C)C(=O)CC(=O)C(C)(C)C.OCc1ccnc(-c2[c-]cc(F)cc2F)c1.[CH2-][n+]1ccc(CO)cc1-c1[c-]cc(F)cc1F.[Ir+3]. The van der Waals surface area contributed by atoms with E-state index in [1.54, 1.807) is 24.4 Å². The summed E-state index contributed by atoms with van der Waals surface area (Å²) in [6, 6.07) is 15.1. The number of aliphatic hydroxyl groups excluding tert-OH is 2. The van der Waals surface area contributed by atoms with Crippen LogP contribution < -0.4 is 4.57 Å². The van der Waals surface area contributed by atoms with Crippen molar-refractivity contribution < 1.29 is 62.0 Å². The largest absolute Gasteiger partial charge is 3.00 e. The molecule has 2 aromatic carbocycles. The summed E-state index contributed by atoms with van der Waals surface area (Å²) < 4.78 is 53.9. The molecule has 4 aromatic rings. The van der Waals surface area contributed by atoms with Gasteiger partial charge in [-0.3, -0.25) is 27.2 Å². The van der Waals surface area contributed by atoms with Crippen molar-refractivity contribution in [2.45, 2.75) is 61.2 Å². The number of nitrogens with zero attached hydrogens (tertiary/aromatic N) is 2. The Hall–Kier alpha value is -3.76. The molecule has 0 aliphatic heterocycles. The van der Waals surface area contributed by atoms with Gasteiger partial charge in [-0.05, 0) is 40.6 Å². The average molecular weight is 831 g/mol. The Morgan fingerprint density at radius 2 is 1.26 bits per heavy atom. The van der Waals surface area contributed by atoms with E-state index in [1.807, 2.05) is 41.5 Å². The van der Waals surface area contributed by atoms with Gasteiger partial charge in [-0.25, -0.2) is 0 Å². The molecule has 2 N–H and O–H groups in total. The second-order valence-electron chi connectivity index (χ2n) is 12.4. The van der Waals surface area contributed by atoms with Crippen molar-refractivity contribution in [1.29, 1.82) is 0 Å². The number of ketones is 2. The van der Waals surface area contributed by atoms with Crippen LogP contribution in [0.25, 0.3) is 22.5 Å². The van der Waals surface area contributed by atoms with Gasteiger partial charge in [0, 0.05) is 47.3 Å². The number of benzene rings is 2. The Morgan fingerprint density at radius 3 is 1.70 bits per heavy atom. The van der Waals surface area contributed by atoms with Crippen molar-refractivity contribution in [2.75, 3.05) is 0 Å². The van der Waals surface area contributed by atoms with Crippen LogP contribution >= 0.6 is 0 Å². The number of carbonyl (C=O) groups excluding carboxylic acids is 2. The summed E-state index contributed by atoms with van der Waals surface area (Å²) in [6.45, 7) is 10.7. The Kier molecular flexibility index (Phi) is 15.8. The second kappa shape index (κ2) is 18.0. The summed E-state index contributed by atoms with van der Waals surface area (Å²) in [7, 11) is 3.69. The molecule has 2 heterocycles. The van der Waals surface area contributed by atoms with Gasteiger partial charge in [0.25, 0.3) is 0 Å². The number of carbonyl (C=O) groups is 2. The second-order valence-corrected chi connectivity index (χ2v) is 12.4. The molecule has 4 rings (SSSR count). The minimum Gasteiger partial charge on any atom is -0.392 e. The monoisotopic (exact) mass is 831 g/mol. The van der Waals surface area contributed by atoms with Crippen molar-refractivity contribution in [1.82, 2.24) is 4.98 Å². The van der Waals surface area contributed by atoms with Crippen molar-refractivity contribution in [2.24, 2.45) is 10.8 Å². The van der Waals surface area contributed by atoms with Crippen LogP contribution in [-0.4, -0.2) is 26.8 Å². The maximum absolute atomic E-state index is 13.6. The molecular weight excluding hydrogens is 793 g/mol. The molecule has 0 spiro atoms. The van der Waals surface area contributed by atoms with Gasteiger partial charge in [-0.1, -0.05) is 65.3 Å². The van der Waals surface area contributed by atoms with Gasteiger partial charge in [-0.15, -0.1) is 24.3 Å². The van der Waals surface area contributed by atoms with Crippen molar-refractivity contribution in [3.63, 3.8) is 0 Å². The van der Waals surface area contributed by atoms with Crippen molar-refractivity contribution in [3.05, 3.63) is 115 Å². The Balaban J connectivity index is 0.000000353. The average Bonchev–Trinajstić information content (AvgIpc) is 2.97. The van der Waals surface area contributed by atoms with Crippen LogP contribution in [0, 0.1) is 53.3 Å². The molecule has 6 nitrogen and oxygen atoms in total. The minimum absolute atomic E-state index is 0.